The maximum absolute atomic E-state index is 9.12. The molecule has 3 N–H and O–H groups in total. The maximum Gasteiger partial charge on any atom is 0.166 e. The standard InChI is InChI=1S/C23H24N4O2/c1-2-21(26)23(29-20-13-18(15-24)12-19(14-20)16-25)22(27)9-11-28-10-8-17-6-4-3-5-7-17/h3-7,12-14,26H,2,8-11,27H2,1H3/b23-22+,26-21?. The highest BCUT2D eigenvalue weighted by molar-refractivity contribution is 5.96. The maximum atomic E-state index is 9.12. The molecule has 0 bridgehead atoms. The van der Waals surface area contributed by atoms with Crippen LogP contribution >= 0.6 is 0 Å². The molecule has 0 aliphatic rings. The number of hydrogen-bond acceptors (Lipinski definition) is 6. The van der Waals surface area contributed by atoms with Gasteiger partial charge in [0.05, 0.1) is 47.9 Å². The number of hydrogen-bond donors (Lipinski definition) is 2. The first kappa shape index (κ1) is 21.7. The highest BCUT2D eigenvalue weighted by Gasteiger charge is 2.13. The minimum Gasteiger partial charge on any atom is -0.454 e. The zero-order chi connectivity index (χ0) is 21.1. The molecule has 2 rings (SSSR count). The highest BCUT2D eigenvalue weighted by atomic mass is 16.5. The van der Waals surface area contributed by atoms with Gasteiger partial charge in [-0.15, -0.1) is 0 Å². The lowest BCUT2D eigenvalue weighted by atomic mass is 10.1. The second-order valence-electron chi connectivity index (χ2n) is 6.36. The smallest absolute Gasteiger partial charge is 0.166 e. The molecule has 148 valence electrons. The fourth-order valence-corrected chi connectivity index (χ4v) is 2.62. The Morgan fingerprint density at radius 2 is 1.69 bits per heavy atom. The van der Waals surface area contributed by atoms with Crippen molar-refractivity contribution in [2.75, 3.05) is 13.2 Å². The first-order valence-electron chi connectivity index (χ1n) is 9.38. The lowest BCUT2D eigenvalue weighted by Gasteiger charge is -2.15. The first-order valence-corrected chi connectivity index (χ1v) is 9.38. The number of benzene rings is 2. The van der Waals surface area contributed by atoms with Gasteiger partial charge in [-0.3, -0.25) is 0 Å². The molecular weight excluding hydrogens is 364 g/mol. The summed E-state index contributed by atoms with van der Waals surface area (Å²) in [5, 5.41) is 26.4. The molecule has 0 saturated heterocycles. The van der Waals surface area contributed by atoms with Crippen LogP contribution in [0, 0.1) is 28.1 Å². The van der Waals surface area contributed by atoms with Gasteiger partial charge in [-0.05, 0) is 36.6 Å². The summed E-state index contributed by atoms with van der Waals surface area (Å²) in [5.74, 6) is 0.555. The molecule has 0 atom stereocenters. The van der Waals surface area contributed by atoms with Crippen LogP contribution in [0.15, 0.2) is 60.0 Å². The quantitative estimate of drug-likeness (QED) is 0.362. The van der Waals surface area contributed by atoms with Gasteiger partial charge >= 0.3 is 0 Å². The van der Waals surface area contributed by atoms with Crippen molar-refractivity contribution in [1.29, 1.82) is 15.9 Å². The third-order valence-electron chi connectivity index (χ3n) is 4.20. The molecule has 0 amide bonds. The SMILES string of the molecule is CCC(=N)/C(Oc1cc(C#N)cc(C#N)c1)=C(\N)CCOCCc1ccccc1. The van der Waals surface area contributed by atoms with E-state index in [2.05, 4.69) is 12.1 Å². The Morgan fingerprint density at radius 1 is 1.03 bits per heavy atom. The van der Waals surface area contributed by atoms with Gasteiger partial charge in [-0.2, -0.15) is 10.5 Å². The van der Waals surface area contributed by atoms with E-state index >= 15 is 0 Å². The number of nitrogens with two attached hydrogens (primary N) is 1. The van der Waals surface area contributed by atoms with Crippen LogP contribution in [0.2, 0.25) is 0 Å². The minimum absolute atomic E-state index is 0.243. The van der Waals surface area contributed by atoms with E-state index < -0.39 is 0 Å². The third kappa shape index (κ3) is 6.80. The third-order valence-corrected chi connectivity index (χ3v) is 4.20. The molecule has 2 aromatic carbocycles. The van der Waals surface area contributed by atoms with Crippen LogP contribution < -0.4 is 10.5 Å². The van der Waals surface area contributed by atoms with Crippen molar-refractivity contribution in [3.8, 4) is 17.9 Å². The summed E-state index contributed by atoms with van der Waals surface area (Å²) in [5.41, 5.74) is 8.65. The molecule has 0 radical (unpaired) electrons. The van der Waals surface area contributed by atoms with Gasteiger partial charge in [-0.1, -0.05) is 37.3 Å². The highest BCUT2D eigenvalue weighted by Crippen LogP contribution is 2.21. The molecule has 0 heterocycles. The van der Waals surface area contributed by atoms with Crippen LogP contribution in [-0.4, -0.2) is 18.9 Å². The Balaban J connectivity index is 2.02. The zero-order valence-electron chi connectivity index (χ0n) is 16.4. The van der Waals surface area contributed by atoms with E-state index in [1.807, 2.05) is 37.3 Å². The molecule has 0 unspecified atom stereocenters. The number of nitrogens with zero attached hydrogens (tertiary/aromatic N) is 2. The van der Waals surface area contributed by atoms with E-state index in [1.165, 1.54) is 23.8 Å². The van der Waals surface area contributed by atoms with E-state index in [9.17, 15) is 0 Å². The second-order valence-corrected chi connectivity index (χ2v) is 6.36. The Morgan fingerprint density at radius 3 is 2.28 bits per heavy atom. The predicted octanol–water partition coefficient (Wildman–Crippen LogP) is 4.06. The number of rotatable bonds is 10. The summed E-state index contributed by atoms with van der Waals surface area (Å²) < 4.78 is 11.5. The molecule has 6 nitrogen and oxygen atoms in total. The summed E-state index contributed by atoms with van der Waals surface area (Å²) in [6.07, 6.45) is 1.67. The van der Waals surface area contributed by atoms with Crippen molar-refractivity contribution >= 4 is 5.71 Å². The van der Waals surface area contributed by atoms with Crippen molar-refractivity contribution < 1.29 is 9.47 Å². The molecule has 0 spiro atoms. The topological polar surface area (TPSA) is 116 Å². The van der Waals surface area contributed by atoms with E-state index in [0.29, 0.717) is 48.6 Å². The molecule has 0 aliphatic carbocycles. The van der Waals surface area contributed by atoms with Gasteiger partial charge in [0, 0.05) is 6.42 Å². The van der Waals surface area contributed by atoms with Gasteiger partial charge in [0.25, 0.3) is 0 Å². The largest absolute Gasteiger partial charge is 0.454 e. The van der Waals surface area contributed by atoms with Crippen LogP contribution in [-0.2, 0) is 11.2 Å². The van der Waals surface area contributed by atoms with Gasteiger partial charge in [0.15, 0.2) is 5.76 Å². The Hall–Kier alpha value is -3.61. The molecule has 29 heavy (non-hydrogen) atoms. The van der Waals surface area contributed by atoms with E-state index in [1.54, 1.807) is 0 Å². The summed E-state index contributed by atoms with van der Waals surface area (Å²) in [7, 11) is 0. The zero-order valence-corrected chi connectivity index (χ0v) is 16.4. The van der Waals surface area contributed by atoms with Crippen LogP contribution in [0.1, 0.15) is 36.5 Å². The fourth-order valence-electron chi connectivity index (χ4n) is 2.62. The van der Waals surface area contributed by atoms with Crippen molar-refractivity contribution in [3.05, 3.63) is 76.7 Å². The Kier molecular flexibility index (Phi) is 8.44. The predicted molar refractivity (Wildman–Crippen MR) is 111 cm³/mol. The number of allylic oxidation sites excluding steroid dienone is 1. The van der Waals surface area contributed by atoms with Gasteiger partial charge in [-0.25, -0.2) is 0 Å². The van der Waals surface area contributed by atoms with Crippen LogP contribution in [0.3, 0.4) is 0 Å². The van der Waals surface area contributed by atoms with Crippen molar-refractivity contribution in [1.82, 2.24) is 0 Å². The Labute approximate surface area is 171 Å². The molecule has 0 saturated carbocycles. The van der Waals surface area contributed by atoms with E-state index in [0.717, 1.165) is 6.42 Å². The normalized spacial score (nSPS) is 11.1. The van der Waals surface area contributed by atoms with Crippen LogP contribution in [0.25, 0.3) is 0 Å². The second kappa shape index (κ2) is 11.3. The van der Waals surface area contributed by atoms with Gasteiger partial charge in [0.1, 0.15) is 5.75 Å². The van der Waals surface area contributed by atoms with Crippen molar-refractivity contribution in [2.24, 2.45) is 5.73 Å². The average molecular weight is 388 g/mol. The van der Waals surface area contributed by atoms with E-state index in [-0.39, 0.29) is 11.5 Å². The van der Waals surface area contributed by atoms with Gasteiger partial charge < -0.3 is 20.6 Å². The Bertz CT molecular complexity index is 921. The molecule has 0 aliphatic heterocycles. The summed E-state index contributed by atoms with van der Waals surface area (Å²) in [6.45, 7) is 2.82. The van der Waals surface area contributed by atoms with Crippen LogP contribution in [0.4, 0.5) is 0 Å². The summed E-state index contributed by atoms with van der Waals surface area (Å²) in [6, 6.07) is 18.6. The van der Waals surface area contributed by atoms with Crippen LogP contribution in [0.5, 0.6) is 5.75 Å². The van der Waals surface area contributed by atoms with Gasteiger partial charge in [0.2, 0.25) is 0 Å². The van der Waals surface area contributed by atoms with E-state index in [4.69, 9.17) is 31.1 Å². The van der Waals surface area contributed by atoms with Crippen molar-refractivity contribution in [2.45, 2.75) is 26.2 Å². The average Bonchev–Trinajstić information content (AvgIpc) is 2.76. The summed E-state index contributed by atoms with van der Waals surface area (Å²) >= 11 is 0. The molecule has 6 heteroatoms. The number of nitrogens with one attached hydrogen (secondary N) is 1. The van der Waals surface area contributed by atoms with Crippen molar-refractivity contribution in [3.63, 3.8) is 0 Å². The first-order chi connectivity index (χ1) is 14.1. The molecular formula is C23H24N4O2. The fraction of sp³-hybridized carbons (Fsp3) is 0.261. The number of nitriles is 2. The number of ether oxygens (including phenoxy) is 2. The summed E-state index contributed by atoms with van der Waals surface area (Å²) in [4.78, 5) is 0. The molecule has 2 aromatic rings. The molecule has 0 aromatic heterocycles. The monoisotopic (exact) mass is 388 g/mol. The lowest BCUT2D eigenvalue weighted by molar-refractivity contribution is 0.139. The lowest BCUT2D eigenvalue weighted by Crippen LogP contribution is -2.17. The minimum atomic E-state index is 0.243. The molecule has 0 fully saturated rings.